The van der Waals surface area contributed by atoms with Crippen molar-refractivity contribution in [3.8, 4) is 22.4 Å². The number of hydrogen-bond acceptors (Lipinski definition) is 3. The summed E-state index contributed by atoms with van der Waals surface area (Å²) in [5.41, 5.74) is 3.09. The predicted molar refractivity (Wildman–Crippen MR) is 123 cm³/mol. The fourth-order valence-electron chi connectivity index (χ4n) is 3.33. The van der Waals surface area contributed by atoms with Crippen LogP contribution in [0.15, 0.2) is 67.4 Å². The predicted octanol–water partition coefficient (Wildman–Crippen LogP) is 6.78. The molecule has 4 nitrogen and oxygen atoms in total. The minimum Gasteiger partial charge on any atom is -0.618 e. The monoisotopic (exact) mass is 456 g/mol. The molecule has 0 amide bonds. The zero-order valence-corrected chi connectivity index (χ0v) is 18.1. The molecule has 4 rings (SSSR count). The van der Waals surface area contributed by atoms with E-state index in [1.807, 2.05) is 24.3 Å². The fourth-order valence-corrected chi connectivity index (χ4v) is 4.14. The Morgan fingerprint density at radius 1 is 0.967 bits per heavy atom. The molecule has 0 atom stereocenters. The molecule has 0 spiro atoms. The Labute approximate surface area is 188 Å². The lowest BCUT2D eigenvalue weighted by Gasteiger charge is -2.15. The molecular weight excluding hydrogens is 443 g/mol. The summed E-state index contributed by atoms with van der Waals surface area (Å²) in [6.45, 7) is 3.91. The third kappa shape index (κ3) is 3.47. The molecule has 0 aliphatic carbocycles. The highest BCUT2D eigenvalue weighted by Crippen LogP contribution is 2.40. The summed E-state index contributed by atoms with van der Waals surface area (Å²) in [5.74, 6) is 0.350. The molecule has 0 N–H and O–H groups in total. The van der Waals surface area contributed by atoms with E-state index in [9.17, 15) is 5.21 Å². The number of nitrogens with zero attached hydrogens (tertiary/aromatic N) is 2. The average molecular weight is 458 g/mol. The Morgan fingerprint density at radius 2 is 1.63 bits per heavy atom. The first-order chi connectivity index (χ1) is 14.4. The Kier molecular flexibility index (Phi) is 5.56. The molecule has 0 saturated carbocycles. The quantitative estimate of drug-likeness (QED) is 0.193. The van der Waals surface area contributed by atoms with Crippen molar-refractivity contribution in [3.63, 3.8) is 0 Å². The maximum Gasteiger partial charge on any atom is 0.253 e. The SMILES string of the molecule is C=C(OC)c1cc(-c2ccccc2Cl)c2cc[n+]([O-])c(-c3c(Cl)cccc3Cl)c2n1. The number of hydrogen-bond donors (Lipinski definition) is 0. The number of methoxy groups -OCH3 is 1. The summed E-state index contributed by atoms with van der Waals surface area (Å²) in [5, 5.41) is 14.9. The van der Waals surface area contributed by atoms with E-state index in [1.54, 1.807) is 30.3 Å². The Bertz CT molecular complexity index is 1290. The van der Waals surface area contributed by atoms with Gasteiger partial charge in [0.25, 0.3) is 5.69 Å². The second kappa shape index (κ2) is 8.15. The molecular formula is C23H15Cl3N2O2. The summed E-state index contributed by atoms with van der Waals surface area (Å²) in [6.07, 6.45) is 1.41. The normalized spacial score (nSPS) is 10.9. The van der Waals surface area contributed by atoms with Gasteiger partial charge in [-0.05, 0) is 29.8 Å². The number of ether oxygens (including phenoxy) is 1. The molecule has 150 valence electrons. The van der Waals surface area contributed by atoms with Gasteiger partial charge >= 0.3 is 0 Å². The fraction of sp³-hybridized carbons (Fsp3) is 0.0435. The van der Waals surface area contributed by atoms with E-state index >= 15 is 0 Å². The van der Waals surface area contributed by atoms with E-state index < -0.39 is 0 Å². The number of halogens is 3. The van der Waals surface area contributed by atoms with E-state index in [-0.39, 0.29) is 5.69 Å². The molecule has 4 aromatic rings. The van der Waals surface area contributed by atoms with Crippen molar-refractivity contribution in [2.75, 3.05) is 7.11 Å². The maximum absolute atomic E-state index is 12.9. The highest BCUT2D eigenvalue weighted by Gasteiger charge is 2.24. The van der Waals surface area contributed by atoms with Gasteiger partial charge in [-0.15, -0.1) is 0 Å². The van der Waals surface area contributed by atoms with Crippen molar-refractivity contribution in [3.05, 3.63) is 93.3 Å². The third-order valence-corrected chi connectivity index (χ3v) is 5.74. The van der Waals surface area contributed by atoms with Crippen LogP contribution < -0.4 is 4.73 Å². The molecule has 2 heterocycles. The van der Waals surface area contributed by atoms with Crippen LogP contribution in [0.5, 0.6) is 0 Å². The second-order valence-corrected chi connectivity index (χ2v) is 7.73. The van der Waals surface area contributed by atoms with Crippen molar-refractivity contribution in [1.29, 1.82) is 0 Å². The van der Waals surface area contributed by atoms with Gasteiger partial charge in [-0.3, -0.25) is 0 Å². The molecule has 0 radical (unpaired) electrons. The van der Waals surface area contributed by atoms with Crippen LogP contribution >= 0.6 is 34.8 Å². The highest BCUT2D eigenvalue weighted by atomic mass is 35.5. The number of benzene rings is 2. The molecule has 0 aliphatic rings. The first kappa shape index (κ1) is 20.5. The number of aromatic nitrogens is 2. The molecule has 0 unspecified atom stereocenters. The summed E-state index contributed by atoms with van der Waals surface area (Å²) >= 11 is 19.3. The van der Waals surface area contributed by atoms with Crippen LogP contribution in [-0.2, 0) is 4.74 Å². The first-order valence-electron chi connectivity index (χ1n) is 8.92. The van der Waals surface area contributed by atoms with Crippen LogP contribution in [0.2, 0.25) is 15.1 Å². The molecule has 7 heteroatoms. The minimum absolute atomic E-state index is 0.238. The van der Waals surface area contributed by atoms with Crippen molar-refractivity contribution in [1.82, 2.24) is 4.98 Å². The highest BCUT2D eigenvalue weighted by molar-refractivity contribution is 6.39. The van der Waals surface area contributed by atoms with Gasteiger partial charge in [-0.1, -0.05) is 65.6 Å². The van der Waals surface area contributed by atoms with Gasteiger partial charge < -0.3 is 9.94 Å². The van der Waals surface area contributed by atoms with E-state index in [1.165, 1.54) is 13.3 Å². The van der Waals surface area contributed by atoms with Crippen molar-refractivity contribution in [2.45, 2.75) is 0 Å². The zero-order chi connectivity index (χ0) is 21.4. The minimum atomic E-state index is 0.238. The van der Waals surface area contributed by atoms with Crippen LogP contribution in [0, 0.1) is 5.21 Å². The Hall–Kier alpha value is -2.79. The van der Waals surface area contributed by atoms with Gasteiger partial charge in [0.05, 0.1) is 22.7 Å². The van der Waals surface area contributed by atoms with Crippen LogP contribution in [0.4, 0.5) is 0 Å². The molecule has 2 aromatic carbocycles. The summed E-state index contributed by atoms with van der Waals surface area (Å²) in [7, 11) is 1.51. The van der Waals surface area contributed by atoms with Gasteiger partial charge in [-0.2, -0.15) is 4.73 Å². The zero-order valence-electron chi connectivity index (χ0n) is 15.8. The van der Waals surface area contributed by atoms with Crippen molar-refractivity contribution in [2.24, 2.45) is 0 Å². The number of pyridine rings is 2. The van der Waals surface area contributed by atoms with Gasteiger partial charge in [0, 0.05) is 22.0 Å². The van der Waals surface area contributed by atoms with Crippen LogP contribution in [0.3, 0.4) is 0 Å². The molecule has 0 bridgehead atoms. The summed E-state index contributed by atoms with van der Waals surface area (Å²) in [4.78, 5) is 4.68. The standard InChI is InChI=1S/C23H15Cl3N2O2/c1-13(30-2)20-12-16(14-6-3-4-7-17(14)24)15-10-11-28(29)23(22(15)27-20)21-18(25)8-5-9-19(21)26/h3-12H,1H2,2H3. The lowest BCUT2D eigenvalue weighted by Crippen LogP contribution is -2.29. The van der Waals surface area contributed by atoms with Gasteiger partial charge in [0.15, 0.2) is 6.20 Å². The Balaban J connectivity index is 2.18. The van der Waals surface area contributed by atoms with E-state index in [4.69, 9.17) is 39.5 Å². The number of fused-ring (bicyclic) bond motifs is 1. The van der Waals surface area contributed by atoms with Crippen LogP contribution in [-0.4, -0.2) is 12.1 Å². The van der Waals surface area contributed by atoms with Crippen molar-refractivity contribution < 1.29 is 9.47 Å². The van der Waals surface area contributed by atoms with E-state index in [0.717, 1.165) is 11.1 Å². The van der Waals surface area contributed by atoms with E-state index in [0.29, 0.717) is 47.7 Å². The van der Waals surface area contributed by atoms with E-state index in [2.05, 4.69) is 11.6 Å². The summed E-state index contributed by atoms with van der Waals surface area (Å²) < 4.78 is 6.01. The molecule has 0 aliphatic heterocycles. The lowest BCUT2D eigenvalue weighted by atomic mass is 9.98. The van der Waals surface area contributed by atoms with Gasteiger partial charge in [0.1, 0.15) is 17.0 Å². The topological polar surface area (TPSA) is 49.1 Å². The Morgan fingerprint density at radius 3 is 2.30 bits per heavy atom. The molecule has 2 aromatic heterocycles. The van der Waals surface area contributed by atoms with Crippen LogP contribution in [0.1, 0.15) is 5.69 Å². The third-order valence-electron chi connectivity index (χ3n) is 4.78. The summed E-state index contributed by atoms with van der Waals surface area (Å²) in [6, 6.07) is 16.0. The van der Waals surface area contributed by atoms with Crippen LogP contribution in [0.25, 0.3) is 39.0 Å². The lowest BCUT2D eigenvalue weighted by molar-refractivity contribution is -0.592. The molecule has 30 heavy (non-hydrogen) atoms. The molecule has 0 saturated heterocycles. The second-order valence-electron chi connectivity index (χ2n) is 6.51. The smallest absolute Gasteiger partial charge is 0.253 e. The van der Waals surface area contributed by atoms with Crippen molar-refractivity contribution >= 4 is 51.5 Å². The molecule has 0 fully saturated rings. The maximum atomic E-state index is 12.9. The number of rotatable bonds is 4. The largest absolute Gasteiger partial charge is 0.618 e. The first-order valence-corrected chi connectivity index (χ1v) is 10.0. The average Bonchev–Trinajstić information content (AvgIpc) is 2.74. The van der Waals surface area contributed by atoms with Gasteiger partial charge in [0.2, 0.25) is 0 Å². The van der Waals surface area contributed by atoms with Gasteiger partial charge in [-0.25, -0.2) is 4.98 Å².